The number of furan rings is 1. The topological polar surface area (TPSA) is 46.7 Å². The quantitative estimate of drug-likeness (QED) is 0.161. The second-order valence-electron chi connectivity index (χ2n) is 15.6. The Bertz CT molecular complexity index is 2970. The Morgan fingerprint density at radius 1 is 0.679 bits per heavy atom. The monoisotopic (exact) mass is 910 g/mol. The summed E-state index contributed by atoms with van der Waals surface area (Å²) in [5, 5.41) is 4.25. The maximum absolute atomic E-state index is 6.62. The van der Waals surface area contributed by atoms with E-state index in [0.29, 0.717) is 11.5 Å². The number of hydrogen-bond acceptors (Lipinski definition) is 5. The van der Waals surface area contributed by atoms with E-state index in [1.807, 2.05) is 36.5 Å². The maximum atomic E-state index is 6.62. The average molecular weight is 911 g/mol. The minimum atomic E-state index is -0.0634. The molecular formula is C49H39N4O2Pt-3. The van der Waals surface area contributed by atoms with Crippen LogP contribution in [0.25, 0.3) is 49.6 Å². The smallest absolute Gasteiger partial charge is 0.158 e. The summed E-state index contributed by atoms with van der Waals surface area (Å²) in [7, 11) is 0. The molecule has 1 aliphatic rings. The molecule has 0 N–H and O–H groups in total. The molecule has 3 aromatic heterocycles. The van der Waals surface area contributed by atoms with Crippen LogP contribution in [0.2, 0.25) is 0 Å². The van der Waals surface area contributed by atoms with Crippen molar-refractivity contribution in [2.45, 2.75) is 47.0 Å². The molecule has 0 aliphatic carbocycles. The Labute approximate surface area is 341 Å². The molecule has 0 unspecified atom stereocenters. The molecule has 1 aliphatic heterocycles. The van der Waals surface area contributed by atoms with Gasteiger partial charge in [0.15, 0.2) is 5.58 Å². The summed E-state index contributed by atoms with van der Waals surface area (Å²) in [6, 6.07) is 47.1. The molecule has 56 heavy (non-hydrogen) atoms. The Hall–Kier alpha value is -5.84. The second-order valence-corrected chi connectivity index (χ2v) is 15.6. The minimum absolute atomic E-state index is 0. The fourth-order valence-electron chi connectivity index (χ4n) is 8.27. The summed E-state index contributed by atoms with van der Waals surface area (Å²) < 4.78 is 15.4. The van der Waals surface area contributed by atoms with Crippen LogP contribution in [0.15, 0.2) is 126 Å². The van der Waals surface area contributed by atoms with Crippen molar-refractivity contribution in [2.24, 2.45) is 0 Å². The molecule has 0 radical (unpaired) electrons. The zero-order valence-electron chi connectivity index (χ0n) is 32.0. The second kappa shape index (κ2) is 13.4. The van der Waals surface area contributed by atoms with Crippen molar-refractivity contribution in [1.82, 2.24) is 9.55 Å². The van der Waals surface area contributed by atoms with Crippen LogP contribution in [0.3, 0.4) is 0 Å². The van der Waals surface area contributed by atoms with Gasteiger partial charge in [-0.25, -0.2) is 4.98 Å². The molecule has 280 valence electrons. The van der Waals surface area contributed by atoms with Crippen LogP contribution >= 0.6 is 0 Å². The molecule has 0 amide bonds. The first-order valence-electron chi connectivity index (χ1n) is 18.7. The van der Waals surface area contributed by atoms with Gasteiger partial charge in [-0.2, -0.15) is 12.1 Å². The molecule has 9 aromatic rings. The molecule has 0 bridgehead atoms. The number of benzene rings is 6. The number of nitrogens with zero attached hydrogens (tertiary/aromatic N) is 4. The summed E-state index contributed by atoms with van der Waals surface area (Å²) in [4.78, 5) is 9.39. The summed E-state index contributed by atoms with van der Waals surface area (Å²) >= 11 is 0. The van der Waals surface area contributed by atoms with E-state index in [-0.39, 0.29) is 26.5 Å². The van der Waals surface area contributed by atoms with Gasteiger partial charge >= 0.3 is 0 Å². The van der Waals surface area contributed by atoms with Crippen molar-refractivity contribution in [3.05, 3.63) is 163 Å². The van der Waals surface area contributed by atoms with Gasteiger partial charge in [-0.1, -0.05) is 86.4 Å². The van der Waals surface area contributed by atoms with E-state index in [1.165, 1.54) is 27.9 Å². The van der Waals surface area contributed by atoms with Crippen LogP contribution in [-0.2, 0) is 26.5 Å². The summed E-state index contributed by atoms with van der Waals surface area (Å²) in [5.41, 5.74) is 12.6. The predicted octanol–water partition coefficient (Wildman–Crippen LogP) is 13.1. The molecule has 6 nitrogen and oxygen atoms in total. The summed E-state index contributed by atoms with van der Waals surface area (Å²) in [6.45, 7) is 15.3. The van der Waals surface area contributed by atoms with E-state index in [2.05, 4.69) is 160 Å². The van der Waals surface area contributed by atoms with E-state index < -0.39 is 0 Å². The standard InChI is InChI=1S/C49H39N4O2.Pt/c1-30-24-31(2)46(32(3)25-30)52-29-51(41-15-8-9-16-42(41)52)34-12-11-13-35(27-34)54-36-18-19-37-39-20-21-40-38-14-7-10-17-44(38)55-48(40)47(39)53(43(37)28-36)45-26-33(22-23-50-45)49(4,5)6;/h7-26,29H,1-6H3;/q-3;. The molecule has 6 aromatic carbocycles. The van der Waals surface area contributed by atoms with E-state index in [0.717, 1.165) is 66.6 Å². The Morgan fingerprint density at radius 2 is 1.38 bits per heavy atom. The third-order valence-corrected chi connectivity index (χ3v) is 10.7. The van der Waals surface area contributed by atoms with Crippen LogP contribution in [-0.4, -0.2) is 9.55 Å². The Balaban J connectivity index is 0.00000410. The van der Waals surface area contributed by atoms with Crippen molar-refractivity contribution in [3.63, 3.8) is 0 Å². The first kappa shape index (κ1) is 35.8. The van der Waals surface area contributed by atoms with Gasteiger partial charge in [-0.15, -0.1) is 48.1 Å². The molecule has 0 saturated carbocycles. The van der Waals surface area contributed by atoms with E-state index in [1.54, 1.807) is 0 Å². The summed E-state index contributed by atoms with van der Waals surface area (Å²) in [6.07, 6.45) is 1.89. The number of aryl methyl sites for hydroxylation is 3. The number of para-hydroxylation sites is 3. The molecular weight excluding hydrogens is 872 g/mol. The maximum Gasteiger partial charge on any atom is 0.158 e. The van der Waals surface area contributed by atoms with Crippen molar-refractivity contribution < 1.29 is 30.2 Å². The SMILES string of the molecule is Cc1cc(C)c(N2[CH-]N(c3[c-]c(Oc4[c-]c5c(cc4)c4ccc6c7ccccc7oc6c4n5-c4cc(C(C)(C)C)ccn4)ccc3)c3ccccc32)c(C)c1.[Pt]. The fourth-order valence-corrected chi connectivity index (χ4v) is 8.27. The van der Waals surface area contributed by atoms with Gasteiger partial charge < -0.3 is 23.5 Å². The number of aromatic nitrogens is 2. The molecule has 7 heteroatoms. The van der Waals surface area contributed by atoms with E-state index in [9.17, 15) is 0 Å². The first-order valence-corrected chi connectivity index (χ1v) is 18.7. The van der Waals surface area contributed by atoms with Crippen LogP contribution in [0.1, 0.15) is 43.0 Å². The van der Waals surface area contributed by atoms with E-state index >= 15 is 0 Å². The van der Waals surface area contributed by atoms with E-state index in [4.69, 9.17) is 14.1 Å². The number of hydrogen-bond donors (Lipinski definition) is 0. The van der Waals surface area contributed by atoms with Crippen LogP contribution in [0.4, 0.5) is 22.7 Å². The third kappa shape index (κ3) is 5.78. The molecule has 0 atom stereocenters. The molecule has 10 rings (SSSR count). The Morgan fingerprint density at radius 3 is 2.16 bits per heavy atom. The van der Waals surface area contributed by atoms with Gasteiger partial charge in [-0.05, 0) is 78.6 Å². The van der Waals surface area contributed by atoms with Gasteiger partial charge in [0.1, 0.15) is 11.4 Å². The van der Waals surface area contributed by atoms with Crippen LogP contribution < -0.4 is 14.5 Å². The van der Waals surface area contributed by atoms with Gasteiger partial charge in [0.05, 0.1) is 5.52 Å². The van der Waals surface area contributed by atoms with Crippen molar-refractivity contribution in [3.8, 4) is 17.3 Å². The number of pyridine rings is 1. The number of ether oxygens (including phenoxy) is 1. The van der Waals surface area contributed by atoms with Crippen molar-refractivity contribution in [1.29, 1.82) is 0 Å². The van der Waals surface area contributed by atoms with Gasteiger partial charge in [-0.3, -0.25) is 0 Å². The minimum Gasteiger partial charge on any atom is -0.509 e. The average Bonchev–Trinajstić information content (AvgIpc) is 3.84. The fraction of sp³-hybridized carbons (Fsp3) is 0.143. The molecule has 0 spiro atoms. The van der Waals surface area contributed by atoms with Crippen molar-refractivity contribution in [2.75, 3.05) is 9.80 Å². The number of fused-ring (bicyclic) bond motifs is 8. The molecule has 0 fully saturated rings. The largest absolute Gasteiger partial charge is 0.509 e. The normalized spacial score (nSPS) is 12.9. The van der Waals surface area contributed by atoms with Gasteiger partial charge in [0.25, 0.3) is 0 Å². The first-order chi connectivity index (χ1) is 26.6. The summed E-state index contributed by atoms with van der Waals surface area (Å²) in [5.74, 6) is 1.97. The van der Waals surface area contributed by atoms with Gasteiger partial charge in [0.2, 0.25) is 0 Å². The third-order valence-electron chi connectivity index (χ3n) is 10.7. The van der Waals surface area contributed by atoms with Crippen molar-refractivity contribution >= 4 is 66.5 Å². The zero-order chi connectivity index (χ0) is 37.6. The van der Waals surface area contributed by atoms with Crippen LogP contribution in [0, 0.1) is 39.6 Å². The molecule has 0 saturated heterocycles. The predicted molar refractivity (Wildman–Crippen MR) is 224 cm³/mol. The van der Waals surface area contributed by atoms with Crippen LogP contribution in [0.5, 0.6) is 11.5 Å². The molecule has 4 heterocycles. The van der Waals surface area contributed by atoms with Gasteiger partial charge in [0, 0.05) is 66.6 Å². The Kier molecular flexibility index (Phi) is 8.59. The number of rotatable bonds is 5. The zero-order valence-corrected chi connectivity index (χ0v) is 34.3. The number of anilines is 4.